The van der Waals surface area contributed by atoms with Gasteiger partial charge in [-0.3, -0.25) is 14.9 Å². The number of carbonyl (C=O) groups excluding carboxylic acids is 1. The SMILES string of the molecule is CS(=O)(=O)N1CCN(/C=C(/C#N)C(=O)Nc2ccc(Cl)c([N+](=O)[O-])c2)CC1. The average molecular weight is 414 g/mol. The molecular weight excluding hydrogens is 398 g/mol. The standard InChI is InChI=1S/C15H16ClN5O5S/c1-27(25,26)20-6-4-19(5-7-20)10-11(9-17)15(22)18-12-2-3-13(16)14(8-12)21(23)24/h2-3,8,10H,4-7H2,1H3,(H,18,22)/b11-10-. The molecule has 1 aromatic carbocycles. The van der Waals surface area contributed by atoms with Crippen molar-refractivity contribution in [2.75, 3.05) is 37.8 Å². The van der Waals surface area contributed by atoms with Gasteiger partial charge in [0, 0.05) is 44.1 Å². The number of halogens is 1. The molecule has 1 amide bonds. The summed E-state index contributed by atoms with van der Waals surface area (Å²) in [6.45, 7) is 1.16. The van der Waals surface area contributed by atoms with Crippen LogP contribution in [0.5, 0.6) is 0 Å². The van der Waals surface area contributed by atoms with Gasteiger partial charge in [-0.15, -0.1) is 0 Å². The van der Waals surface area contributed by atoms with Gasteiger partial charge < -0.3 is 10.2 Å². The molecule has 0 saturated carbocycles. The Morgan fingerprint density at radius 2 is 2.00 bits per heavy atom. The zero-order chi connectivity index (χ0) is 20.2. The van der Waals surface area contributed by atoms with Crippen LogP contribution in [0.1, 0.15) is 0 Å². The number of hydrogen-bond donors (Lipinski definition) is 1. The van der Waals surface area contributed by atoms with Crippen molar-refractivity contribution in [3.05, 3.63) is 45.1 Å². The number of nitrogens with zero attached hydrogens (tertiary/aromatic N) is 4. The summed E-state index contributed by atoms with van der Waals surface area (Å²) in [4.78, 5) is 24.2. The van der Waals surface area contributed by atoms with E-state index in [1.165, 1.54) is 22.6 Å². The lowest BCUT2D eigenvalue weighted by Gasteiger charge is -2.32. The molecule has 0 aliphatic carbocycles. The molecule has 2 rings (SSSR count). The maximum atomic E-state index is 12.3. The molecule has 1 aromatic rings. The molecule has 144 valence electrons. The topological polar surface area (TPSA) is 137 Å². The smallest absolute Gasteiger partial charge is 0.289 e. The fourth-order valence-corrected chi connectivity index (χ4v) is 3.43. The number of piperazine rings is 1. The number of nitriles is 1. The first-order valence-electron chi connectivity index (χ1n) is 7.68. The zero-order valence-electron chi connectivity index (χ0n) is 14.3. The predicted molar refractivity (Wildman–Crippen MR) is 98.4 cm³/mol. The van der Waals surface area contributed by atoms with Gasteiger partial charge in [0.2, 0.25) is 10.0 Å². The molecule has 1 fully saturated rings. The maximum absolute atomic E-state index is 12.3. The molecule has 12 heteroatoms. The minimum Gasteiger partial charge on any atom is -0.373 e. The van der Waals surface area contributed by atoms with E-state index in [1.54, 1.807) is 11.0 Å². The Balaban J connectivity index is 2.09. The van der Waals surface area contributed by atoms with Crippen LogP contribution in [0.15, 0.2) is 30.0 Å². The fraction of sp³-hybridized carbons (Fsp3) is 0.333. The number of nitro groups is 1. The van der Waals surface area contributed by atoms with Crippen molar-refractivity contribution in [3.63, 3.8) is 0 Å². The molecular formula is C15H16ClN5O5S. The summed E-state index contributed by atoms with van der Waals surface area (Å²) in [5.74, 6) is -0.736. The van der Waals surface area contributed by atoms with E-state index in [0.29, 0.717) is 13.1 Å². The summed E-state index contributed by atoms with van der Waals surface area (Å²) < 4.78 is 24.3. The highest BCUT2D eigenvalue weighted by atomic mass is 35.5. The molecule has 1 N–H and O–H groups in total. The van der Waals surface area contributed by atoms with Crippen LogP contribution in [0, 0.1) is 21.4 Å². The molecule has 0 bridgehead atoms. The second-order valence-electron chi connectivity index (χ2n) is 5.73. The summed E-state index contributed by atoms with van der Waals surface area (Å²) in [6, 6.07) is 5.53. The first kappa shape index (κ1) is 20.6. The minimum atomic E-state index is -3.28. The fourth-order valence-electron chi connectivity index (χ4n) is 2.41. The van der Waals surface area contributed by atoms with E-state index in [4.69, 9.17) is 11.6 Å². The number of amides is 1. The molecule has 0 unspecified atom stereocenters. The third-order valence-corrected chi connectivity index (χ3v) is 5.44. The van der Waals surface area contributed by atoms with Crippen LogP contribution in [0.25, 0.3) is 0 Å². The van der Waals surface area contributed by atoms with Crippen molar-refractivity contribution in [1.82, 2.24) is 9.21 Å². The van der Waals surface area contributed by atoms with E-state index in [2.05, 4.69) is 5.32 Å². The normalized spacial score (nSPS) is 15.9. The number of sulfonamides is 1. The number of nitrogens with one attached hydrogen (secondary N) is 1. The molecule has 1 aliphatic rings. The van der Waals surface area contributed by atoms with Gasteiger partial charge >= 0.3 is 0 Å². The van der Waals surface area contributed by atoms with Gasteiger partial charge in [-0.25, -0.2) is 8.42 Å². The summed E-state index contributed by atoms with van der Waals surface area (Å²) in [6.07, 6.45) is 2.47. The molecule has 0 spiro atoms. The second kappa shape index (κ2) is 8.34. The first-order valence-corrected chi connectivity index (χ1v) is 9.91. The van der Waals surface area contributed by atoms with Crippen molar-refractivity contribution in [2.45, 2.75) is 0 Å². The van der Waals surface area contributed by atoms with Crippen LogP contribution in [0.4, 0.5) is 11.4 Å². The summed E-state index contributed by atoms with van der Waals surface area (Å²) >= 11 is 5.72. The Morgan fingerprint density at radius 1 is 1.37 bits per heavy atom. The molecule has 1 heterocycles. The second-order valence-corrected chi connectivity index (χ2v) is 8.12. The highest BCUT2D eigenvalue weighted by Gasteiger charge is 2.23. The van der Waals surface area contributed by atoms with Crippen LogP contribution in [0.3, 0.4) is 0 Å². The van der Waals surface area contributed by atoms with E-state index >= 15 is 0 Å². The van der Waals surface area contributed by atoms with Gasteiger partial charge in [-0.1, -0.05) is 11.6 Å². The highest BCUT2D eigenvalue weighted by Crippen LogP contribution is 2.27. The van der Waals surface area contributed by atoms with Crippen LogP contribution < -0.4 is 5.32 Å². The van der Waals surface area contributed by atoms with Crippen LogP contribution in [0.2, 0.25) is 5.02 Å². The van der Waals surface area contributed by atoms with Gasteiger partial charge in [-0.05, 0) is 12.1 Å². The first-order chi connectivity index (χ1) is 12.6. The summed E-state index contributed by atoms with van der Waals surface area (Å²) in [7, 11) is -3.28. The number of carbonyl (C=O) groups is 1. The Kier molecular flexibility index (Phi) is 6.37. The van der Waals surface area contributed by atoms with Crippen molar-refractivity contribution < 1.29 is 18.1 Å². The van der Waals surface area contributed by atoms with Crippen molar-refractivity contribution in [2.24, 2.45) is 0 Å². The van der Waals surface area contributed by atoms with Crippen molar-refractivity contribution in [1.29, 1.82) is 5.26 Å². The summed E-state index contributed by atoms with van der Waals surface area (Å²) in [5, 5.41) is 22.5. The number of benzene rings is 1. The number of rotatable bonds is 5. The van der Waals surface area contributed by atoms with E-state index in [1.807, 2.05) is 0 Å². The predicted octanol–water partition coefficient (Wildman–Crippen LogP) is 1.17. The lowest BCUT2D eigenvalue weighted by atomic mass is 10.2. The largest absolute Gasteiger partial charge is 0.373 e. The third-order valence-electron chi connectivity index (χ3n) is 3.82. The molecule has 0 aromatic heterocycles. The molecule has 10 nitrogen and oxygen atoms in total. The quantitative estimate of drug-likeness (QED) is 0.331. The lowest BCUT2D eigenvalue weighted by molar-refractivity contribution is -0.384. The Morgan fingerprint density at radius 3 is 2.52 bits per heavy atom. The van der Waals surface area contributed by atoms with E-state index in [-0.39, 0.29) is 35.1 Å². The van der Waals surface area contributed by atoms with Gasteiger partial charge in [0.25, 0.3) is 11.6 Å². The van der Waals surface area contributed by atoms with Crippen LogP contribution in [-0.4, -0.2) is 60.9 Å². The maximum Gasteiger partial charge on any atom is 0.289 e. The number of anilines is 1. The molecule has 0 atom stereocenters. The van der Waals surface area contributed by atoms with E-state index in [9.17, 15) is 28.6 Å². The van der Waals surface area contributed by atoms with Gasteiger partial charge in [-0.2, -0.15) is 9.57 Å². The number of hydrogen-bond acceptors (Lipinski definition) is 7. The summed E-state index contributed by atoms with van der Waals surface area (Å²) in [5.41, 5.74) is -0.451. The van der Waals surface area contributed by atoms with Crippen LogP contribution >= 0.6 is 11.6 Å². The average Bonchev–Trinajstić information content (AvgIpc) is 2.60. The Hall–Kier alpha value is -2.68. The third kappa shape index (κ3) is 5.40. The van der Waals surface area contributed by atoms with Gasteiger partial charge in [0.15, 0.2) is 0 Å². The molecule has 1 saturated heterocycles. The monoisotopic (exact) mass is 413 g/mol. The Bertz CT molecular complexity index is 932. The number of nitro benzene ring substituents is 1. The van der Waals surface area contributed by atoms with Gasteiger partial charge in [0.05, 0.1) is 11.2 Å². The molecule has 27 heavy (non-hydrogen) atoms. The Labute approximate surface area is 160 Å². The minimum absolute atomic E-state index is 0.0715. The lowest BCUT2D eigenvalue weighted by Crippen LogP contribution is -2.46. The molecule has 1 aliphatic heterocycles. The van der Waals surface area contributed by atoms with E-state index in [0.717, 1.165) is 12.3 Å². The van der Waals surface area contributed by atoms with Crippen molar-refractivity contribution >= 4 is 38.9 Å². The van der Waals surface area contributed by atoms with Gasteiger partial charge in [0.1, 0.15) is 16.7 Å². The molecule has 0 radical (unpaired) electrons. The zero-order valence-corrected chi connectivity index (χ0v) is 15.8. The van der Waals surface area contributed by atoms with Crippen molar-refractivity contribution in [3.8, 4) is 6.07 Å². The van der Waals surface area contributed by atoms with Crippen LogP contribution in [-0.2, 0) is 14.8 Å². The highest BCUT2D eigenvalue weighted by molar-refractivity contribution is 7.88. The van der Waals surface area contributed by atoms with E-state index < -0.39 is 20.9 Å².